The van der Waals surface area contributed by atoms with Crippen molar-refractivity contribution < 1.29 is 9.18 Å². The highest BCUT2D eigenvalue weighted by Crippen LogP contribution is 2.25. The molecule has 2 N–H and O–H groups in total. The first-order valence-corrected chi connectivity index (χ1v) is 7.45. The minimum Gasteiger partial charge on any atom is -0.322 e. The fraction of sp³-hybridized carbons (Fsp3) is 0.188. The minimum atomic E-state index is -0.468. The summed E-state index contributed by atoms with van der Waals surface area (Å²) in [7, 11) is 0. The Bertz CT molecular complexity index is 679. The molecule has 2 aromatic rings. The predicted molar refractivity (Wildman–Crippen MR) is 87.9 cm³/mol. The van der Waals surface area contributed by atoms with Crippen molar-refractivity contribution in [3.8, 4) is 0 Å². The quantitative estimate of drug-likeness (QED) is 0.845. The van der Waals surface area contributed by atoms with Crippen LogP contribution in [0.4, 0.5) is 10.1 Å². The fourth-order valence-electron chi connectivity index (χ4n) is 1.97. The van der Waals surface area contributed by atoms with Crippen LogP contribution in [0, 0.1) is 5.82 Å². The smallest absolute Gasteiger partial charge is 0.238 e. The van der Waals surface area contributed by atoms with Gasteiger partial charge in [-0.2, -0.15) is 0 Å². The summed E-state index contributed by atoms with van der Waals surface area (Å²) in [5.41, 5.74) is 0.997. The molecule has 2 aromatic carbocycles. The molecule has 0 radical (unpaired) electrons. The number of anilines is 1. The largest absolute Gasteiger partial charge is 0.322 e. The topological polar surface area (TPSA) is 41.1 Å². The molecule has 6 heteroatoms. The number of para-hydroxylation sites is 1. The maximum Gasteiger partial charge on any atom is 0.238 e. The lowest BCUT2D eigenvalue weighted by Gasteiger charge is -2.16. The van der Waals surface area contributed by atoms with Crippen LogP contribution in [0.15, 0.2) is 42.5 Å². The zero-order valence-corrected chi connectivity index (χ0v) is 13.4. The van der Waals surface area contributed by atoms with Crippen molar-refractivity contribution in [1.29, 1.82) is 0 Å². The van der Waals surface area contributed by atoms with Crippen LogP contribution in [-0.2, 0) is 4.79 Å². The van der Waals surface area contributed by atoms with Crippen molar-refractivity contribution in [3.05, 3.63) is 63.9 Å². The first kappa shape index (κ1) is 16.7. The van der Waals surface area contributed by atoms with Gasteiger partial charge in [0.2, 0.25) is 5.91 Å². The van der Waals surface area contributed by atoms with Gasteiger partial charge in [0.05, 0.1) is 12.2 Å². The number of carbonyl (C=O) groups is 1. The molecule has 22 heavy (non-hydrogen) atoms. The number of carbonyl (C=O) groups excluding carboxylic acids is 1. The van der Waals surface area contributed by atoms with E-state index in [1.54, 1.807) is 30.3 Å². The van der Waals surface area contributed by atoms with Crippen LogP contribution in [0.3, 0.4) is 0 Å². The zero-order valence-electron chi connectivity index (χ0n) is 11.9. The Balaban J connectivity index is 1.92. The number of halogens is 3. The number of hydrogen-bond donors (Lipinski definition) is 2. The standard InChI is InChI=1S/C16H15Cl2FN2O/c1-10(12-7-6-11(17)8-13(12)18)20-9-16(22)21-15-5-3-2-4-14(15)19/h2-8,10,20H,9H2,1H3,(H,21,22)/t10-/m1/s1. The second-order valence-electron chi connectivity index (χ2n) is 4.80. The van der Waals surface area contributed by atoms with E-state index in [0.717, 1.165) is 5.56 Å². The van der Waals surface area contributed by atoms with Crippen molar-refractivity contribution >= 4 is 34.8 Å². The van der Waals surface area contributed by atoms with Crippen LogP contribution < -0.4 is 10.6 Å². The number of nitrogens with one attached hydrogen (secondary N) is 2. The second-order valence-corrected chi connectivity index (χ2v) is 5.64. The van der Waals surface area contributed by atoms with E-state index in [2.05, 4.69) is 10.6 Å². The minimum absolute atomic E-state index is 0.0362. The van der Waals surface area contributed by atoms with Gasteiger partial charge in [0, 0.05) is 16.1 Å². The van der Waals surface area contributed by atoms with Crippen LogP contribution in [0.5, 0.6) is 0 Å². The molecule has 0 aliphatic rings. The molecule has 2 rings (SSSR count). The van der Waals surface area contributed by atoms with Crippen molar-refractivity contribution in [3.63, 3.8) is 0 Å². The molecule has 0 aliphatic heterocycles. The van der Waals surface area contributed by atoms with E-state index in [0.29, 0.717) is 10.0 Å². The molecule has 116 valence electrons. The molecule has 0 fully saturated rings. The van der Waals surface area contributed by atoms with Crippen molar-refractivity contribution in [2.75, 3.05) is 11.9 Å². The van der Waals surface area contributed by atoms with Crippen molar-refractivity contribution in [2.24, 2.45) is 0 Å². The van der Waals surface area contributed by atoms with E-state index < -0.39 is 5.82 Å². The van der Waals surface area contributed by atoms with E-state index in [1.165, 1.54) is 12.1 Å². The summed E-state index contributed by atoms with van der Waals surface area (Å²) in [4.78, 5) is 11.8. The Morgan fingerprint density at radius 3 is 2.64 bits per heavy atom. The van der Waals surface area contributed by atoms with Crippen molar-refractivity contribution in [2.45, 2.75) is 13.0 Å². The lowest BCUT2D eigenvalue weighted by atomic mass is 10.1. The highest BCUT2D eigenvalue weighted by Gasteiger charge is 2.12. The van der Waals surface area contributed by atoms with Gasteiger partial charge in [-0.05, 0) is 36.8 Å². The molecule has 0 saturated heterocycles. The lowest BCUT2D eigenvalue weighted by Crippen LogP contribution is -2.30. The summed E-state index contributed by atoms with van der Waals surface area (Å²) in [6.07, 6.45) is 0. The molecule has 0 saturated carbocycles. The Kier molecular flexibility index (Phi) is 5.77. The molecule has 1 amide bonds. The molecule has 0 aromatic heterocycles. The summed E-state index contributed by atoms with van der Waals surface area (Å²) in [6, 6.07) is 11.1. The maximum absolute atomic E-state index is 13.4. The third-order valence-corrected chi connectivity index (χ3v) is 3.71. The summed E-state index contributed by atoms with van der Waals surface area (Å²) < 4.78 is 13.4. The summed E-state index contributed by atoms with van der Waals surface area (Å²) >= 11 is 12.0. The van der Waals surface area contributed by atoms with Crippen LogP contribution in [0.1, 0.15) is 18.5 Å². The van der Waals surface area contributed by atoms with E-state index in [1.807, 2.05) is 6.92 Å². The maximum atomic E-state index is 13.4. The van der Waals surface area contributed by atoms with Gasteiger partial charge in [0.1, 0.15) is 5.82 Å². The summed E-state index contributed by atoms with van der Waals surface area (Å²) in [5.74, 6) is -0.799. The number of rotatable bonds is 5. The monoisotopic (exact) mass is 340 g/mol. The third kappa shape index (κ3) is 4.44. The van der Waals surface area contributed by atoms with Gasteiger partial charge in [-0.1, -0.05) is 41.4 Å². The van der Waals surface area contributed by atoms with Gasteiger partial charge in [0.15, 0.2) is 0 Å². The van der Waals surface area contributed by atoms with E-state index in [-0.39, 0.29) is 24.2 Å². The highest BCUT2D eigenvalue weighted by atomic mass is 35.5. The van der Waals surface area contributed by atoms with Gasteiger partial charge >= 0.3 is 0 Å². The van der Waals surface area contributed by atoms with Crippen LogP contribution in [0.2, 0.25) is 10.0 Å². The molecule has 0 aliphatic carbocycles. The molecule has 3 nitrogen and oxygen atoms in total. The van der Waals surface area contributed by atoms with Gasteiger partial charge in [-0.25, -0.2) is 4.39 Å². The Morgan fingerprint density at radius 1 is 1.23 bits per heavy atom. The molecule has 0 heterocycles. The van der Waals surface area contributed by atoms with Gasteiger partial charge in [-0.15, -0.1) is 0 Å². The molecule has 0 unspecified atom stereocenters. The molecule has 1 atom stereocenters. The van der Waals surface area contributed by atoms with Crippen LogP contribution >= 0.6 is 23.2 Å². The molecular formula is C16H15Cl2FN2O. The van der Waals surface area contributed by atoms with Crippen LogP contribution in [-0.4, -0.2) is 12.5 Å². The Morgan fingerprint density at radius 2 is 1.95 bits per heavy atom. The number of amides is 1. The van der Waals surface area contributed by atoms with E-state index in [4.69, 9.17) is 23.2 Å². The van der Waals surface area contributed by atoms with E-state index >= 15 is 0 Å². The summed E-state index contributed by atoms with van der Waals surface area (Å²) in [6.45, 7) is 1.92. The van der Waals surface area contributed by atoms with Crippen molar-refractivity contribution in [1.82, 2.24) is 5.32 Å². The zero-order chi connectivity index (χ0) is 16.1. The average Bonchev–Trinajstić information content (AvgIpc) is 2.47. The third-order valence-electron chi connectivity index (χ3n) is 3.15. The molecule has 0 spiro atoms. The number of hydrogen-bond acceptors (Lipinski definition) is 2. The highest BCUT2D eigenvalue weighted by molar-refractivity contribution is 6.35. The Hall–Kier alpha value is -1.62. The summed E-state index contributed by atoms with van der Waals surface area (Å²) in [5, 5.41) is 6.63. The molecular weight excluding hydrogens is 326 g/mol. The van der Waals surface area contributed by atoms with Crippen LogP contribution in [0.25, 0.3) is 0 Å². The Labute approximate surface area is 138 Å². The predicted octanol–water partition coefficient (Wildman–Crippen LogP) is 4.42. The SMILES string of the molecule is C[C@@H](NCC(=O)Nc1ccccc1F)c1ccc(Cl)cc1Cl. The number of benzene rings is 2. The van der Waals surface area contributed by atoms with Gasteiger partial charge in [0.25, 0.3) is 0 Å². The first-order chi connectivity index (χ1) is 10.5. The van der Waals surface area contributed by atoms with E-state index in [9.17, 15) is 9.18 Å². The lowest BCUT2D eigenvalue weighted by molar-refractivity contribution is -0.115. The normalized spacial score (nSPS) is 12.0. The van der Waals surface area contributed by atoms with Gasteiger partial charge < -0.3 is 10.6 Å². The average molecular weight is 341 g/mol. The first-order valence-electron chi connectivity index (χ1n) is 6.70. The second kappa shape index (κ2) is 7.58. The fourth-order valence-corrected chi connectivity index (χ4v) is 2.54. The molecule has 0 bridgehead atoms. The van der Waals surface area contributed by atoms with Gasteiger partial charge in [-0.3, -0.25) is 4.79 Å².